The van der Waals surface area contributed by atoms with Crippen LogP contribution in [-0.2, 0) is 16.1 Å². The van der Waals surface area contributed by atoms with Crippen LogP contribution < -0.4 is 10.6 Å². The molecule has 8 heteroatoms. The Morgan fingerprint density at radius 2 is 1.75 bits per heavy atom. The van der Waals surface area contributed by atoms with Gasteiger partial charge in [0.2, 0.25) is 5.91 Å². The molecule has 5 rings (SSSR count). The number of carbonyl (C=O) groups excluding carboxylic acids is 2. The van der Waals surface area contributed by atoms with Crippen LogP contribution in [0.1, 0.15) is 78.8 Å². The van der Waals surface area contributed by atoms with Crippen LogP contribution in [0, 0.1) is 26.7 Å². The first-order chi connectivity index (χ1) is 14.6. The minimum absolute atomic E-state index is 0.0620. The number of hydrogen-bond donors (Lipinski definition) is 2. The van der Waals surface area contributed by atoms with Gasteiger partial charge in [-0.3, -0.25) is 9.48 Å². The summed E-state index contributed by atoms with van der Waals surface area (Å²) in [5.74, 6) is -0.134. The number of nitrogens with zero attached hydrogens (tertiary/aromatic N) is 2. The molecule has 4 saturated carbocycles. The third-order valence-corrected chi connectivity index (χ3v) is 8.49. The van der Waals surface area contributed by atoms with Crippen LogP contribution in [-0.4, -0.2) is 39.5 Å². The molecule has 0 aliphatic heterocycles. The minimum Gasteiger partial charge on any atom is -0.444 e. The standard InChI is InChI=1S/C24H37IN4O3/c1-16-17(25)7-27-29(16)15-23-10-21(5)9-22(6,11-23)13-24(12-21,14-23)28-18(30)8-26-19(31)32-20(2,3)4/h7H,8-15H2,1-6H3,(H,26,31)(H,28,30). The summed E-state index contributed by atoms with van der Waals surface area (Å²) in [6, 6.07) is 0. The molecule has 4 aliphatic rings. The Hall–Kier alpha value is -1.32. The molecule has 1 aromatic rings. The average Bonchev–Trinajstić information content (AvgIpc) is 2.86. The van der Waals surface area contributed by atoms with Crippen LogP contribution in [0.2, 0.25) is 0 Å². The first kappa shape index (κ1) is 23.8. The number of ether oxygens (including phenoxy) is 1. The number of carbonyl (C=O) groups is 2. The molecule has 2 N–H and O–H groups in total. The number of halogens is 1. The fraction of sp³-hybridized carbons (Fsp3) is 0.792. The first-order valence-electron chi connectivity index (χ1n) is 11.6. The molecule has 1 aromatic heterocycles. The second kappa shape index (κ2) is 7.60. The fourth-order valence-corrected chi connectivity index (χ4v) is 8.35. The zero-order valence-corrected chi connectivity index (χ0v) is 22.4. The summed E-state index contributed by atoms with van der Waals surface area (Å²) in [4.78, 5) is 24.9. The second-order valence-corrected chi connectivity index (χ2v) is 13.8. The molecule has 7 nitrogen and oxygen atoms in total. The van der Waals surface area contributed by atoms with Gasteiger partial charge < -0.3 is 15.4 Å². The van der Waals surface area contributed by atoms with Crippen LogP contribution in [0.5, 0.6) is 0 Å². The number of hydrogen-bond acceptors (Lipinski definition) is 4. The number of aromatic nitrogens is 2. The summed E-state index contributed by atoms with van der Waals surface area (Å²) in [6.45, 7) is 13.2. The van der Waals surface area contributed by atoms with E-state index in [9.17, 15) is 9.59 Å². The van der Waals surface area contributed by atoms with E-state index in [2.05, 4.69) is 63.8 Å². The van der Waals surface area contributed by atoms with Crippen molar-refractivity contribution in [3.05, 3.63) is 15.5 Å². The molecule has 1 heterocycles. The molecular weight excluding hydrogens is 519 g/mol. The molecule has 0 radical (unpaired) electrons. The molecule has 2 unspecified atom stereocenters. The maximum Gasteiger partial charge on any atom is 0.408 e. The lowest BCUT2D eigenvalue weighted by Gasteiger charge is -2.69. The fourth-order valence-electron chi connectivity index (χ4n) is 7.95. The topological polar surface area (TPSA) is 85.3 Å². The van der Waals surface area contributed by atoms with Gasteiger partial charge in [-0.15, -0.1) is 0 Å². The summed E-state index contributed by atoms with van der Waals surface area (Å²) in [6.07, 6.45) is 7.94. The van der Waals surface area contributed by atoms with Crippen molar-refractivity contribution in [1.82, 2.24) is 20.4 Å². The quantitative estimate of drug-likeness (QED) is 0.521. The number of amides is 2. The van der Waals surface area contributed by atoms with Gasteiger partial charge in [0.25, 0.3) is 0 Å². The summed E-state index contributed by atoms with van der Waals surface area (Å²) in [5, 5.41) is 10.7. The van der Waals surface area contributed by atoms with Gasteiger partial charge in [0.05, 0.1) is 9.77 Å². The van der Waals surface area contributed by atoms with Crippen molar-refractivity contribution in [3.63, 3.8) is 0 Å². The summed E-state index contributed by atoms with van der Waals surface area (Å²) in [7, 11) is 0. The van der Waals surface area contributed by atoms with Crippen molar-refractivity contribution in [2.24, 2.45) is 16.2 Å². The van der Waals surface area contributed by atoms with E-state index in [4.69, 9.17) is 4.74 Å². The van der Waals surface area contributed by atoms with Gasteiger partial charge in [-0.2, -0.15) is 5.10 Å². The normalized spacial score (nSPS) is 35.6. The minimum atomic E-state index is -0.585. The van der Waals surface area contributed by atoms with Crippen LogP contribution in [0.25, 0.3) is 0 Å². The van der Waals surface area contributed by atoms with Crippen molar-refractivity contribution in [2.75, 3.05) is 6.54 Å². The first-order valence-corrected chi connectivity index (χ1v) is 12.7. The molecule has 178 valence electrons. The summed E-state index contributed by atoms with van der Waals surface area (Å²) >= 11 is 2.35. The van der Waals surface area contributed by atoms with Crippen LogP contribution >= 0.6 is 22.6 Å². The predicted octanol–water partition coefficient (Wildman–Crippen LogP) is 4.56. The molecule has 0 aromatic carbocycles. The van der Waals surface area contributed by atoms with Crippen molar-refractivity contribution >= 4 is 34.6 Å². The Labute approximate surface area is 204 Å². The highest BCUT2D eigenvalue weighted by molar-refractivity contribution is 14.1. The molecular formula is C24H37IN4O3. The smallest absolute Gasteiger partial charge is 0.408 e. The van der Waals surface area contributed by atoms with Gasteiger partial charge in [-0.25, -0.2) is 4.79 Å². The molecule has 4 fully saturated rings. The largest absolute Gasteiger partial charge is 0.444 e. The van der Waals surface area contributed by atoms with Crippen LogP contribution in [0.4, 0.5) is 4.79 Å². The Morgan fingerprint density at radius 3 is 2.28 bits per heavy atom. The van der Waals surface area contributed by atoms with Gasteiger partial charge in [0.1, 0.15) is 12.1 Å². The number of rotatable bonds is 5. The van der Waals surface area contributed by atoms with E-state index < -0.39 is 11.7 Å². The van der Waals surface area contributed by atoms with E-state index in [1.807, 2.05) is 27.0 Å². The Kier molecular flexibility index (Phi) is 5.66. The van der Waals surface area contributed by atoms with Crippen molar-refractivity contribution in [1.29, 1.82) is 0 Å². The zero-order valence-electron chi connectivity index (χ0n) is 20.2. The van der Waals surface area contributed by atoms with Gasteiger partial charge in [0.15, 0.2) is 0 Å². The van der Waals surface area contributed by atoms with E-state index in [1.54, 1.807) is 0 Å². The van der Waals surface area contributed by atoms with E-state index >= 15 is 0 Å². The Bertz CT molecular complexity index is 916. The monoisotopic (exact) mass is 556 g/mol. The highest BCUT2D eigenvalue weighted by Crippen LogP contribution is 2.71. The van der Waals surface area contributed by atoms with E-state index in [1.165, 1.54) is 28.5 Å². The van der Waals surface area contributed by atoms with Gasteiger partial charge >= 0.3 is 6.09 Å². The lowest BCUT2D eigenvalue weighted by atomic mass is 9.38. The highest BCUT2D eigenvalue weighted by atomic mass is 127. The maximum atomic E-state index is 12.9. The molecule has 4 aliphatic carbocycles. The highest BCUT2D eigenvalue weighted by Gasteiger charge is 2.66. The SMILES string of the molecule is Cc1c(I)cnn1CC12CC3(C)CC(C)(C1)CC(NC(=O)CNC(=O)OC(C)(C)C)(C3)C2. The van der Waals surface area contributed by atoms with E-state index in [0.29, 0.717) is 0 Å². The molecule has 32 heavy (non-hydrogen) atoms. The number of alkyl carbamates (subject to hydrolysis) is 1. The number of nitrogens with one attached hydrogen (secondary N) is 2. The zero-order chi connectivity index (χ0) is 23.6. The third kappa shape index (κ3) is 4.80. The van der Waals surface area contributed by atoms with Crippen molar-refractivity contribution in [2.45, 2.75) is 97.8 Å². The molecule has 0 saturated heterocycles. The second-order valence-electron chi connectivity index (χ2n) is 12.6. The third-order valence-electron chi connectivity index (χ3n) is 7.43. The van der Waals surface area contributed by atoms with Gasteiger partial charge in [0, 0.05) is 17.8 Å². The summed E-state index contributed by atoms with van der Waals surface area (Å²) < 4.78 is 8.63. The van der Waals surface area contributed by atoms with Crippen molar-refractivity contribution in [3.8, 4) is 0 Å². The lowest BCUT2D eigenvalue weighted by molar-refractivity contribution is -0.174. The molecule has 2 atom stereocenters. The molecule has 2 amide bonds. The van der Waals surface area contributed by atoms with E-state index in [0.717, 1.165) is 25.8 Å². The van der Waals surface area contributed by atoms with Crippen LogP contribution in [0.3, 0.4) is 0 Å². The maximum absolute atomic E-state index is 12.9. The van der Waals surface area contributed by atoms with Gasteiger partial charge in [-0.05, 0) is 105 Å². The van der Waals surface area contributed by atoms with Gasteiger partial charge in [-0.1, -0.05) is 13.8 Å². The van der Waals surface area contributed by atoms with Crippen LogP contribution in [0.15, 0.2) is 6.20 Å². The van der Waals surface area contributed by atoms with Crippen molar-refractivity contribution < 1.29 is 14.3 Å². The summed E-state index contributed by atoms with van der Waals surface area (Å²) in [5.41, 5.74) is 0.964. The van der Waals surface area contributed by atoms with E-state index in [-0.39, 0.29) is 34.2 Å². The molecule has 4 bridgehead atoms. The predicted molar refractivity (Wildman–Crippen MR) is 131 cm³/mol. The lowest BCUT2D eigenvalue weighted by Crippen LogP contribution is -2.69. The molecule has 0 spiro atoms. The average molecular weight is 556 g/mol. The Morgan fingerprint density at radius 1 is 1.12 bits per heavy atom. The Balaban J connectivity index is 1.50.